The number of nitrogens with zero attached hydrogens (tertiary/aromatic N) is 3. The van der Waals surface area contributed by atoms with E-state index in [1.54, 1.807) is 0 Å². The van der Waals surface area contributed by atoms with Crippen LogP contribution in [0.4, 0.5) is 5.69 Å². The smallest absolute Gasteiger partial charge is 0.325 e. The van der Waals surface area contributed by atoms with Gasteiger partial charge in [0.1, 0.15) is 18.8 Å². The first-order valence-electron chi connectivity index (χ1n) is 5.84. The zero-order chi connectivity index (χ0) is 13.6. The van der Waals surface area contributed by atoms with E-state index in [-0.39, 0.29) is 12.2 Å². The molecule has 3 heterocycles. The number of carbonyl (C=O) groups is 3. The molecule has 100 valence electrons. The number of ether oxygens (including phenoxy) is 1. The summed E-state index contributed by atoms with van der Waals surface area (Å²) >= 11 is 0. The third-order valence-electron chi connectivity index (χ3n) is 3.19. The minimum atomic E-state index is -1.05. The van der Waals surface area contributed by atoms with E-state index in [1.165, 1.54) is 12.4 Å². The van der Waals surface area contributed by atoms with Crippen LogP contribution in [0.15, 0.2) is 12.4 Å². The van der Waals surface area contributed by atoms with Crippen molar-refractivity contribution < 1.29 is 24.2 Å². The second-order valence-corrected chi connectivity index (χ2v) is 4.49. The molecule has 3 rings (SSSR count). The van der Waals surface area contributed by atoms with E-state index < -0.39 is 30.0 Å². The number of amides is 2. The fraction of sp³-hybridized carbons (Fsp3) is 0.455. The van der Waals surface area contributed by atoms with Gasteiger partial charge in [-0.15, -0.1) is 0 Å². The molecule has 2 bridgehead atoms. The number of hydrogen-bond donors (Lipinski definition) is 1. The van der Waals surface area contributed by atoms with Gasteiger partial charge in [0, 0.05) is 6.20 Å². The van der Waals surface area contributed by atoms with Crippen LogP contribution in [0.2, 0.25) is 0 Å². The molecule has 0 spiro atoms. The van der Waals surface area contributed by atoms with Gasteiger partial charge >= 0.3 is 5.97 Å². The van der Waals surface area contributed by atoms with E-state index in [0.29, 0.717) is 12.8 Å². The van der Waals surface area contributed by atoms with Crippen LogP contribution in [0, 0.1) is 0 Å². The van der Waals surface area contributed by atoms with Crippen molar-refractivity contribution >= 4 is 23.5 Å². The Kier molecular flexibility index (Phi) is 2.59. The lowest BCUT2D eigenvalue weighted by molar-refractivity contribution is -0.147. The molecule has 2 atom stereocenters. The van der Waals surface area contributed by atoms with Crippen LogP contribution in [-0.2, 0) is 25.7 Å². The molecule has 2 aliphatic rings. The molecule has 0 aliphatic carbocycles. The molecule has 2 saturated heterocycles. The number of rotatable bonds is 3. The quantitative estimate of drug-likeness (QED) is 0.731. The van der Waals surface area contributed by atoms with Gasteiger partial charge in [-0.3, -0.25) is 19.1 Å². The van der Waals surface area contributed by atoms with Crippen LogP contribution in [0.3, 0.4) is 0 Å². The maximum Gasteiger partial charge on any atom is 0.325 e. The summed E-state index contributed by atoms with van der Waals surface area (Å²) < 4.78 is 6.45. The van der Waals surface area contributed by atoms with Gasteiger partial charge < -0.3 is 9.84 Å². The SMILES string of the molecule is O=C(O)Cn1cc(N2C(=O)C3CCC(O3)C2=O)cn1. The Morgan fingerprint density at radius 1 is 1.37 bits per heavy atom. The van der Waals surface area contributed by atoms with Gasteiger partial charge in [-0.1, -0.05) is 0 Å². The minimum absolute atomic E-state index is 0.288. The molecule has 0 radical (unpaired) electrons. The Morgan fingerprint density at radius 3 is 2.58 bits per heavy atom. The standard InChI is InChI=1S/C11H11N3O5/c15-9(16)5-13-4-6(3-12-13)14-10(17)7-1-2-8(19-7)11(14)18/h3-4,7-8H,1-2,5H2,(H,15,16). The van der Waals surface area contributed by atoms with Gasteiger partial charge in [-0.25, -0.2) is 4.90 Å². The highest BCUT2D eigenvalue weighted by atomic mass is 16.5. The molecule has 1 aromatic rings. The number of carboxylic acids is 1. The summed E-state index contributed by atoms with van der Waals surface area (Å²) in [6.45, 7) is -0.320. The monoisotopic (exact) mass is 265 g/mol. The van der Waals surface area contributed by atoms with Crippen LogP contribution in [0.5, 0.6) is 0 Å². The van der Waals surface area contributed by atoms with Crippen molar-refractivity contribution in [2.75, 3.05) is 4.90 Å². The van der Waals surface area contributed by atoms with Gasteiger partial charge in [0.15, 0.2) is 0 Å². The summed E-state index contributed by atoms with van der Waals surface area (Å²) in [5.41, 5.74) is 0.288. The molecule has 19 heavy (non-hydrogen) atoms. The number of carbonyl (C=O) groups excluding carboxylic acids is 2. The molecule has 2 unspecified atom stereocenters. The maximum atomic E-state index is 12.1. The second kappa shape index (κ2) is 4.16. The summed E-state index contributed by atoms with van der Waals surface area (Å²) in [5, 5.41) is 12.5. The van der Waals surface area contributed by atoms with Crippen molar-refractivity contribution in [1.82, 2.24) is 9.78 Å². The molecular formula is C11H11N3O5. The lowest BCUT2D eigenvalue weighted by Gasteiger charge is -2.28. The summed E-state index contributed by atoms with van der Waals surface area (Å²) in [4.78, 5) is 35.7. The van der Waals surface area contributed by atoms with E-state index in [0.717, 1.165) is 9.58 Å². The Labute approximate surface area is 107 Å². The Hall–Kier alpha value is -2.22. The maximum absolute atomic E-state index is 12.1. The molecule has 8 nitrogen and oxygen atoms in total. The number of aliphatic carboxylic acids is 1. The second-order valence-electron chi connectivity index (χ2n) is 4.49. The Balaban J connectivity index is 1.88. The molecule has 2 amide bonds. The largest absolute Gasteiger partial charge is 0.480 e. The van der Waals surface area contributed by atoms with E-state index in [2.05, 4.69) is 5.10 Å². The first-order chi connectivity index (χ1) is 9.06. The van der Waals surface area contributed by atoms with Gasteiger partial charge in [-0.2, -0.15) is 5.10 Å². The summed E-state index contributed by atoms with van der Waals surface area (Å²) in [6, 6.07) is 0. The third-order valence-corrected chi connectivity index (χ3v) is 3.19. The molecule has 1 N–H and O–H groups in total. The van der Waals surface area contributed by atoms with Crippen LogP contribution in [0.1, 0.15) is 12.8 Å². The van der Waals surface area contributed by atoms with Gasteiger partial charge in [0.05, 0.1) is 11.9 Å². The molecule has 0 saturated carbocycles. The normalized spacial score (nSPS) is 26.0. The lowest BCUT2D eigenvalue weighted by Crippen LogP contribution is -2.51. The number of anilines is 1. The van der Waals surface area contributed by atoms with Crippen molar-refractivity contribution in [3.05, 3.63) is 12.4 Å². The summed E-state index contributed by atoms with van der Waals surface area (Å²) in [7, 11) is 0. The third kappa shape index (κ3) is 1.89. The molecule has 2 fully saturated rings. The van der Waals surface area contributed by atoms with Crippen LogP contribution in [0.25, 0.3) is 0 Å². The molecule has 2 aliphatic heterocycles. The predicted octanol–water partition coefficient (Wildman–Crippen LogP) is -0.611. The zero-order valence-electron chi connectivity index (χ0n) is 9.85. The van der Waals surface area contributed by atoms with Crippen molar-refractivity contribution in [1.29, 1.82) is 0 Å². The number of imide groups is 1. The van der Waals surface area contributed by atoms with E-state index in [1.807, 2.05) is 0 Å². The van der Waals surface area contributed by atoms with Crippen LogP contribution >= 0.6 is 0 Å². The Morgan fingerprint density at radius 2 is 2.00 bits per heavy atom. The van der Waals surface area contributed by atoms with Crippen molar-refractivity contribution in [3.8, 4) is 0 Å². The highest BCUT2D eigenvalue weighted by Gasteiger charge is 2.47. The molecular weight excluding hydrogens is 254 g/mol. The molecule has 8 heteroatoms. The highest BCUT2D eigenvalue weighted by molar-refractivity contribution is 6.19. The number of carboxylic acid groups (broad SMARTS) is 1. The first-order valence-corrected chi connectivity index (χ1v) is 5.84. The van der Waals surface area contributed by atoms with Crippen molar-refractivity contribution in [2.45, 2.75) is 31.6 Å². The van der Waals surface area contributed by atoms with Gasteiger partial charge in [0.25, 0.3) is 11.8 Å². The average Bonchev–Trinajstić information content (AvgIpc) is 2.94. The van der Waals surface area contributed by atoms with Crippen molar-refractivity contribution in [2.24, 2.45) is 0 Å². The van der Waals surface area contributed by atoms with Gasteiger partial charge in [-0.05, 0) is 12.8 Å². The Bertz CT molecular complexity index is 544. The highest BCUT2D eigenvalue weighted by Crippen LogP contribution is 2.31. The van der Waals surface area contributed by atoms with Crippen LogP contribution < -0.4 is 4.90 Å². The number of morpholine rings is 1. The van der Waals surface area contributed by atoms with E-state index in [9.17, 15) is 14.4 Å². The molecule has 0 aromatic carbocycles. The minimum Gasteiger partial charge on any atom is -0.480 e. The number of fused-ring (bicyclic) bond motifs is 2. The number of hydrogen-bond acceptors (Lipinski definition) is 5. The fourth-order valence-corrected chi connectivity index (χ4v) is 2.34. The fourth-order valence-electron chi connectivity index (χ4n) is 2.34. The average molecular weight is 265 g/mol. The summed E-state index contributed by atoms with van der Waals surface area (Å²) in [5.74, 6) is -1.86. The predicted molar refractivity (Wildman–Crippen MR) is 60.3 cm³/mol. The number of aromatic nitrogens is 2. The lowest BCUT2D eigenvalue weighted by atomic mass is 10.2. The van der Waals surface area contributed by atoms with E-state index in [4.69, 9.17) is 9.84 Å². The summed E-state index contributed by atoms with van der Waals surface area (Å²) in [6.07, 6.45) is 2.60. The van der Waals surface area contributed by atoms with E-state index >= 15 is 0 Å². The van der Waals surface area contributed by atoms with Crippen LogP contribution in [-0.4, -0.2) is 44.9 Å². The zero-order valence-corrected chi connectivity index (χ0v) is 9.85. The van der Waals surface area contributed by atoms with Gasteiger partial charge in [0.2, 0.25) is 0 Å². The van der Waals surface area contributed by atoms with Crippen molar-refractivity contribution in [3.63, 3.8) is 0 Å². The topological polar surface area (TPSA) is 102 Å². The molecule has 1 aromatic heterocycles. The first kappa shape index (κ1) is 11.8.